The molecule has 0 saturated heterocycles. The molecule has 0 fully saturated rings. The van der Waals surface area contributed by atoms with Gasteiger partial charge in [-0.3, -0.25) is 10.1 Å². The topological polar surface area (TPSA) is 99.9 Å². The highest BCUT2D eigenvalue weighted by atomic mass is 32.1. The number of anilines is 1. The molecule has 2 aromatic carbocycles. The van der Waals surface area contributed by atoms with Gasteiger partial charge < -0.3 is 14.2 Å². The molecule has 0 spiro atoms. The average molecular weight is 479 g/mol. The van der Waals surface area contributed by atoms with Crippen LogP contribution in [0, 0.1) is 0 Å². The van der Waals surface area contributed by atoms with E-state index in [1.165, 1.54) is 30.9 Å². The predicted molar refractivity (Wildman–Crippen MR) is 113 cm³/mol. The highest BCUT2D eigenvalue weighted by Crippen LogP contribution is 2.33. The lowest BCUT2D eigenvalue weighted by atomic mass is 10.2. The molecule has 13 heteroatoms. The van der Waals surface area contributed by atoms with Gasteiger partial charge in [0.1, 0.15) is 5.75 Å². The molecular formula is C20H16F3N5O4S. The molecule has 0 radical (unpaired) electrons. The molecule has 0 saturated carbocycles. The van der Waals surface area contributed by atoms with Gasteiger partial charge in [-0.1, -0.05) is 17.4 Å². The Morgan fingerprint density at radius 3 is 2.61 bits per heavy atom. The van der Waals surface area contributed by atoms with Crippen molar-refractivity contribution >= 4 is 27.3 Å². The Kier molecular flexibility index (Phi) is 6.05. The molecule has 2 aromatic heterocycles. The van der Waals surface area contributed by atoms with E-state index in [9.17, 15) is 18.0 Å². The van der Waals surface area contributed by atoms with Gasteiger partial charge in [-0.2, -0.15) is 17.7 Å². The monoisotopic (exact) mass is 479 g/mol. The number of benzene rings is 2. The van der Waals surface area contributed by atoms with Gasteiger partial charge in [-0.15, -0.1) is 15.3 Å². The van der Waals surface area contributed by atoms with Crippen molar-refractivity contribution in [1.82, 2.24) is 19.8 Å². The van der Waals surface area contributed by atoms with E-state index in [4.69, 9.17) is 14.2 Å². The maximum atomic E-state index is 12.8. The second-order valence-corrected chi connectivity index (χ2v) is 7.51. The summed E-state index contributed by atoms with van der Waals surface area (Å²) in [6.45, 7) is -0.496. The molecule has 1 amide bonds. The first-order chi connectivity index (χ1) is 15.8. The summed E-state index contributed by atoms with van der Waals surface area (Å²) >= 11 is 1.07. The first kappa shape index (κ1) is 22.3. The summed E-state index contributed by atoms with van der Waals surface area (Å²) in [7, 11) is 3.04. The molecule has 0 aliphatic heterocycles. The second-order valence-electron chi connectivity index (χ2n) is 6.56. The molecule has 0 aliphatic carbocycles. The maximum absolute atomic E-state index is 12.8. The number of alkyl halides is 3. The third kappa shape index (κ3) is 4.82. The van der Waals surface area contributed by atoms with Crippen LogP contribution in [0.2, 0.25) is 0 Å². The van der Waals surface area contributed by atoms with Gasteiger partial charge >= 0.3 is 6.18 Å². The molecule has 4 rings (SSSR count). The molecule has 0 aliphatic rings. The van der Waals surface area contributed by atoms with Gasteiger partial charge in [0.25, 0.3) is 5.91 Å². The standard InChI is InChI=1S/C20H16F3N5O4S/c1-30-14-7-6-11(8-15(14)31-2)17-25-26-19-28(17)27-18(33-19)24-16(29)10-32-13-5-3-4-12(9-13)20(21,22)23/h3-9H,10H2,1-2H3,(H,24,27,29). The van der Waals surface area contributed by atoms with Crippen molar-refractivity contribution in [2.75, 3.05) is 26.1 Å². The zero-order valence-corrected chi connectivity index (χ0v) is 18.0. The number of carbonyl (C=O) groups excluding carboxylic acids is 1. The van der Waals surface area contributed by atoms with Crippen molar-refractivity contribution in [2.45, 2.75) is 6.18 Å². The van der Waals surface area contributed by atoms with Crippen molar-refractivity contribution in [3.8, 4) is 28.6 Å². The minimum Gasteiger partial charge on any atom is -0.493 e. The lowest BCUT2D eigenvalue weighted by Crippen LogP contribution is -2.20. The number of nitrogens with zero attached hydrogens (tertiary/aromatic N) is 4. The fourth-order valence-electron chi connectivity index (χ4n) is 2.89. The van der Waals surface area contributed by atoms with Gasteiger partial charge in [0, 0.05) is 5.56 Å². The summed E-state index contributed by atoms with van der Waals surface area (Å²) in [6.07, 6.45) is -4.50. The van der Waals surface area contributed by atoms with Crippen LogP contribution < -0.4 is 19.5 Å². The number of ether oxygens (including phenoxy) is 3. The number of nitrogens with one attached hydrogen (secondary N) is 1. The molecule has 33 heavy (non-hydrogen) atoms. The van der Waals surface area contributed by atoms with Crippen LogP contribution in [0.5, 0.6) is 17.2 Å². The van der Waals surface area contributed by atoms with E-state index in [0.29, 0.717) is 27.8 Å². The first-order valence-electron chi connectivity index (χ1n) is 9.33. The Morgan fingerprint density at radius 2 is 1.88 bits per heavy atom. The third-order valence-electron chi connectivity index (χ3n) is 4.41. The normalized spacial score (nSPS) is 11.4. The number of amides is 1. The molecule has 9 nitrogen and oxygen atoms in total. The van der Waals surface area contributed by atoms with Crippen LogP contribution >= 0.6 is 11.3 Å². The smallest absolute Gasteiger partial charge is 0.416 e. The fourth-order valence-corrected chi connectivity index (χ4v) is 3.64. The highest BCUT2D eigenvalue weighted by molar-refractivity contribution is 7.20. The van der Waals surface area contributed by atoms with Gasteiger partial charge in [-0.25, -0.2) is 0 Å². The minimum absolute atomic E-state index is 0.0751. The Morgan fingerprint density at radius 1 is 1.09 bits per heavy atom. The minimum atomic E-state index is -4.50. The Labute approximate surface area is 188 Å². The Bertz CT molecular complexity index is 1300. The summed E-state index contributed by atoms with van der Waals surface area (Å²) in [5, 5.41) is 15.2. The molecular weight excluding hydrogens is 463 g/mol. The van der Waals surface area contributed by atoms with Crippen LogP contribution in [0.15, 0.2) is 42.5 Å². The summed E-state index contributed by atoms with van der Waals surface area (Å²) in [5.41, 5.74) is -0.201. The van der Waals surface area contributed by atoms with E-state index >= 15 is 0 Å². The molecule has 4 aromatic rings. The quantitative estimate of drug-likeness (QED) is 0.429. The molecule has 0 unspecified atom stereocenters. The SMILES string of the molecule is COc1ccc(-c2nnc3sc(NC(=O)COc4cccc(C(F)(F)F)c4)nn23)cc1OC. The molecule has 172 valence electrons. The lowest BCUT2D eigenvalue weighted by molar-refractivity contribution is -0.137. The largest absolute Gasteiger partial charge is 0.493 e. The number of carbonyl (C=O) groups is 1. The predicted octanol–water partition coefficient (Wildman–Crippen LogP) is 3.91. The van der Waals surface area contributed by atoms with Crippen LogP contribution in [0.4, 0.5) is 18.3 Å². The van der Waals surface area contributed by atoms with Crippen molar-refractivity contribution in [2.24, 2.45) is 0 Å². The van der Waals surface area contributed by atoms with Crippen LogP contribution in [-0.4, -0.2) is 46.5 Å². The van der Waals surface area contributed by atoms with Crippen LogP contribution in [0.1, 0.15) is 5.56 Å². The number of hydrogen-bond donors (Lipinski definition) is 1. The van der Waals surface area contributed by atoms with Gasteiger partial charge in [-0.05, 0) is 36.4 Å². The van der Waals surface area contributed by atoms with Gasteiger partial charge in [0.05, 0.1) is 19.8 Å². The van der Waals surface area contributed by atoms with Crippen LogP contribution in [0.3, 0.4) is 0 Å². The number of rotatable bonds is 7. The van der Waals surface area contributed by atoms with Crippen molar-refractivity contribution in [1.29, 1.82) is 0 Å². The first-order valence-corrected chi connectivity index (χ1v) is 10.1. The van der Waals surface area contributed by atoms with E-state index in [0.717, 1.165) is 23.5 Å². The van der Waals surface area contributed by atoms with Crippen molar-refractivity contribution in [3.63, 3.8) is 0 Å². The Hall–Kier alpha value is -3.87. The van der Waals surface area contributed by atoms with E-state index in [1.807, 2.05) is 0 Å². The van der Waals surface area contributed by atoms with Crippen molar-refractivity contribution < 1.29 is 32.2 Å². The second kappa shape index (κ2) is 8.94. The van der Waals surface area contributed by atoms with E-state index < -0.39 is 24.3 Å². The summed E-state index contributed by atoms with van der Waals surface area (Å²) in [4.78, 5) is 12.6. The zero-order valence-electron chi connectivity index (χ0n) is 17.2. The number of methoxy groups -OCH3 is 2. The number of fused-ring (bicyclic) bond motifs is 1. The fraction of sp³-hybridized carbons (Fsp3) is 0.200. The van der Waals surface area contributed by atoms with E-state index in [1.54, 1.807) is 18.2 Å². The van der Waals surface area contributed by atoms with E-state index in [2.05, 4.69) is 20.6 Å². The summed E-state index contributed by atoms with van der Waals surface area (Å²) in [6, 6.07) is 9.48. The highest BCUT2D eigenvalue weighted by Gasteiger charge is 2.30. The van der Waals surface area contributed by atoms with Crippen LogP contribution in [-0.2, 0) is 11.0 Å². The van der Waals surface area contributed by atoms with Gasteiger partial charge in [0.15, 0.2) is 23.9 Å². The molecule has 0 bridgehead atoms. The van der Waals surface area contributed by atoms with Crippen LogP contribution in [0.25, 0.3) is 16.3 Å². The summed E-state index contributed by atoms with van der Waals surface area (Å²) < 4.78 is 55.5. The molecule has 2 heterocycles. The number of hydrogen-bond acceptors (Lipinski definition) is 8. The summed E-state index contributed by atoms with van der Waals surface area (Å²) in [5.74, 6) is 0.804. The van der Waals surface area contributed by atoms with Crippen molar-refractivity contribution in [3.05, 3.63) is 48.0 Å². The average Bonchev–Trinajstić information content (AvgIpc) is 3.37. The van der Waals surface area contributed by atoms with Gasteiger partial charge in [0.2, 0.25) is 10.1 Å². The third-order valence-corrected chi connectivity index (χ3v) is 5.22. The zero-order chi connectivity index (χ0) is 23.6. The molecule has 1 N–H and O–H groups in total. The van der Waals surface area contributed by atoms with E-state index in [-0.39, 0.29) is 10.9 Å². The lowest BCUT2D eigenvalue weighted by Gasteiger charge is -2.09. The number of halogens is 3. The number of aromatic nitrogens is 4. The Balaban J connectivity index is 1.46. The maximum Gasteiger partial charge on any atom is 0.416 e. The molecule has 0 atom stereocenters.